The number of aryl methyl sites for hydroxylation is 1. The Morgan fingerprint density at radius 3 is 2.58 bits per heavy atom. The minimum atomic E-state index is -0.295. The van der Waals surface area contributed by atoms with Crippen molar-refractivity contribution < 1.29 is 14.0 Å². The van der Waals surface area contributed by atoms with Crippen LogP contribution in [0.3, 0.4) is 0 Å². The van der Waals surface area contributed by atoms with E-state index in [4.69, 9.17) is 0 Å². The van der Waals surface area contributed by atoms with Gasteiger partial charge in [0.05, 0.1) is 5.75 Å². The summed E-state index contributed by atoms with van der Waals surface area (Å²) in [6.45, 7) is 5.66. The Labute approximate surface area is 188 Å². The highest BCUT2D eigenvalue weighted by atomic mass is 32.2. The summed E-state index contributed by atoms with van der Waals surface area (Å²) in [6, 6.07) is 8.31. The van der Waals surface area contributed by atoms with Crippen LogP contribution in [0.15, 0.2) is 34.7 Å². The number of ketones is 1. The lowest BCUT2D eigenvalue weighted by Crippen LogP contribution is -2.32. The van der Waals surface area contributed by atoms with Crippen LogP contribution in [0, 0.1) is 19.7 Å². The van der Waals surface area contributed by atoms with E-state index in [0.717, 1.165) is 29.9 Å². The van der Waals surface area contributed by atoms with Gasteiger partial charge >= 0.3 is 0 Å². The summed E-state index contributed by atoms with van der Waals surface area (Å²) in [4.78, 5) is 26.9. The van der Waals surface area contributed by atoms with Crippen molar-refractivity contribution in [1.82, 2.24) is 14.8 Å². The predicted octanol–water partition coefficient (Wildman–Crippen LogP) is 4.97. The maximum Gasteiger partial charge on any atom is 0.228 e. The molecule has 162 valence electrons. The minimum absolute atomic E-state index is 0.00750. The molecule has 0 unspecified atom stereocenters. The number of halogens is 1. The van der Waals surface area contributed by atoms with Crippen LogP contribution in [0.2, 0.25) is 0 Å². The molecule has 0 atom stereocenters. The average Bonchev–Trinajstić information content (AvgIpc) is 3.40. The molecule has 1 aromatic carbocycles. The quantitative estimate of drug-likeness (QED) is 0.271. The van der Waals surface area contributed by atoms with E-state index in [1.807, 2.05) is 31.4 Å². The number of carbonyl (C=O) groups is 2. The molecule has 6 nitrogen and oxygen atoms in total. The number of rotatable bonds is 8. The fourth-order valence-corrected chi connectivity index (χ4v) is 5.38. The Bertz CT molecular complexity index is 1120. The van der Waals surface area contributed by atoms with E-state index < -0.39 is 0 Å². The number of carbonyl (C=O) groups excluding carboxylic acids is 2. The van der Waals surface area contributed by atoms with Crippen LogP contribution in [0.1, 0.15) is 47.9 Å². The van der Waals surface area contributed by atoms with E-state index in [0.29, 0.717) is 21.5 Å². The van der Waals surface area contributed by atoms with Crippen LogP contribution in [0.5, 0.6) is 0 Å². The number of amides is 1. The Morgan fingerprint density at radius 1 is 1.23 bits per heavy atom. The van der Waals surface area contributed by atoms with Crippen molar-refractivity contribution in [2.24, 2.45) is 0 Å². The topological polar surface area (TPSA) is 68.1 Å². The minimum Gasteiger partial charge on any atom is -0.318 e. The van der Waals surface area contributed by atoms with E-state index in [1.54, 1.807) is 17.0 Å². The van der Waals surface area contributed by atoms with Crippen LogP contribution in [0.25, 0.3) is 5.69 Å². The number of hydrogen-bond donors (Lipinski definition) is 0. The molecule has 0 saturated heterocycles. The molecule has 0 bridgehead atoms. The standard InChI is InChI=1S/C22H23FN4O2S2/c1-4-20(29)27(17-9-10-17)21-24-25-22(31-21)30-12-19(28)18-11-13(2)26(14(18)3)16-7-5-15(23)6-8-16/h5-8,11,17H,4,9-10,12H2,1-3H3. The Hall–Kier alpha value is -2.52. The number of Topliss-reactive ketones (excluding diaryl/α,β-unsaturated/α-hetero) is 1. The third-order valence-corrected chi connectivity index (χ3v) is 7.28. The number of anilines is 1. The van der Waals surface area contributed by atoms with Gasteiger partial charge in [0.15, 0.2) is 10.1 Å². The zero-order valence-electron chi connectivity index (χ0n) is 17.6. The molecule has 0 N–H and O–H groups in total. The van der Waals surface area contributed by atoms with E-state index in [2.05, 4.69) is 10.2 Å². The Balaban J connectivity index is 1.46. The molecule has 1 saturated carbocycles. The normalized spacial score (nSPS) is 13.4. The van der Waals surface area contributed by atoms with E-state index in [9.17, 15) is 14.0 Å². The SMILES string of the molecule is CCC(=O)N(c1nnc(SCC(=O)c2cc(C)n(-c3ccc(F)cc3)c2C)s1)C1CC1. The van der Waals surface area contributed by atoms with Gasteiger partial charge in [0, 0.05) is 35.1 Å². The third-order valence-electron chi connectivity index (χ3n) is 5.23. The molecule has 0 radical (unpaired) electrons. The lowest BCUT2D eigenvalue weighted by molar-refractivity contribution is -0.118. The van der Waals surface area contributed by atoms with E-state index >= 15 is 0 Å². The molecular formula is C22H23FN4O2S2. The highest BCUT2D eigenvalue weighted by Gasteiger charge is 2.35. The molecule has 31 heavy (non-hydrogen) atoms. The average molecular weight is 459 g/mol. The lowest BCUT2D eigenvalue weighted by atomic mass is 10.2. The number of benzene rings is 1. The molecule has 0 aliphatic heterocycles. The first-order valence-corrected chi connectivity index (χ1v) is 12.0. The second-order valence-corrected chi connectivity index (χ2v) is 9.69. The van der Waals surface area contributed by atoms with Gasteiger partial charge < -0.3 is 4.57 Å². The van der Waals surface area contributed by atoms with Crippen LogP contribution in [-0.4, -0.2) is 38.2 Å². The first-order valence-electron chi connectivity index (χ1n) is 10.2. The molecule has 3 aromatic rings. The number of nitrogens with zero attached hydrogens (tertiary/aromatic N) is 4. The maximum absolute atomic E-state index is 13.3. The summed E-state index contributed by atoms with van der Waals surface area (Å²) >= 11 is 2.69. The van der Waals surface area contributed by atoms with Gasteiger partial charge in [0.25, 0.3) is 0 Å². The molecule has 1 aliphatic rings. The monoisotopic (exact) mass is 458 g/mol. The Morgan fingerprint density at radius 2 is 1.94 bits per heavy atom. The van der Waals surface area contributed by atoms with Crippen molar-refractivity contribution in [2.45, 2.75) is 50.4 Å². The summed E-state index contributed by atoms with van der Waals surface area (Å²) in [7, 11) is 0. The summed E-state index contributed by atoms with van der Waals surface area (Å²) in [5, 5.41) is 8.97. The van der Waals surface area contributed by atoms with E-state index in [1.165, 1.54) is 35.2 Å². The highest BCUT2D eigenvalue weighted by Crippen LogP contribution is 2.36. The summed E-state index contributed by atoms with van der Waals surface area (Å²) in [5.74, 6) is -0.0179. The van der Waals surface area contributed by atoms with Crippen molar-refractivity contribution in [3.05, 3.63) is 53.1 Å². The van der Waals surface area contributed by atoms with Crippen molar-refractivity contribution in [3.63, 3.8) is 0 Å². The first-order chi connectivity index (χ1) is 14.9. The second kappa shape index (κ2) is 8.92. The van der Waals surface area contributed by atoms with Crippen molar-refractivity contribution in [3.8, 4) is 5.69 Å². The van der Waals surface area contributed by atoms with Gasteiger partial charge in [-0.25, -0.2) is 4.39 Å². The largest absolute Gasteiger partial charge is 0.318 e. The van der Waals surface area contributed by atoms with Gasteiger partial charge in [-0.1, -0.05) is 30.0 Å². The molecule has 2 aromatic heterocycles. The molecular weight excluding hydrogens is 435 g/mol. The molecule has 1 fully saturated rings. The summed E-state index contributed by atoms with van der Waals surface area (Å²) in [6.07, 6.45) is 2.42. The number of aromatic nitrogens is 3. The van der Waals surface area contributed by atoms with Gasteiger partial charge in [-0.2, -0.15) is 0 Å². The van der Waals surface area contributed by atoms with Gasteiger partial charge in [-0.15, -0.1) is 10.2 Å². The van der Waals surface area contributed by atoms with Crippen LogP contribution < -0.4 is 4.90 Å². The summed E-state index contributed by atoms with van der Waals surface area (Å²) < 4.78 is 15.9. The molecule has 1 aliphatic carbocycles. The summed E-state index contributed by atoms with van der Waals surface area (Å²) in [5.41, 5.74) is 3.19. The second-order valence-electron chi connectivity index (χ2n) is 7.51. The molecule has 1 amide bonds. The molecule has 0 spiro atoms. The Kier molecular flexibility index (Phi) is 6.24. The van der Waals surface area contributed by atoms with Crippen molar-refractivity contribution in [1.29, 1.82) is 0 Å². The smallest absolute Gasteiger partial charge is 0.228 e. The van der Waals surface area contributed by atoms with Crippen molar-refractivity contribution >= 4 is 39.9 Å². The van der Waals surface area contributed by atoms with Crippen LogP contribution >= 0.6 is 23.1 Å². The molecule has 2 heterocycles. The number of hydrogen-bond acceptors (Lipinski definition) is 6. The fraction of sp³-hybridized carbons (Fsp3) is 0.364. The fourth-order valence-electron chi connectivity index (χ4n) is 3.57. The first kappa shape index (κ1) is 21.7. The third kappa shape index (κ3) is 4.57. The van der Waals surface area contributed by atoms with Crippen LogP contribution in [-0.2, 0) is 4.79 Å². The van der Waals surface area contributed by atoms with Gasteiger partial charge in [-0.05, 0) is 57.0 Å². The van der Waals surface area contributed by atoms with E-state index in [-0.39, 0.29) is 29.3 Å². The highest BCUT2D eigenvalue weighted by molar-refractivity contribution is 8.01. The maximum atomic E-state index is 13.3. The number of thioether (sulfide) groups is 1. The molecule has 9 heteroatoms. The molecule has 4 rings (SSSR count). The van der Waals surface area contributed by atoms with Gasteiger partial charge in [0.2, 0.25) is 11.0 Å². The zero-order chi connectivity index (χ0) is 22.1. The van der Waals surface area contributed by atoms with Crippen LogP contribution in [0.4, 0.5) is 9.52 Å². The van der Waals surface area contributed by atoms with Gasteiger partial charge in [-0.3, -0.25) is 14.5 Å². The zero-order valence-corrected chi connectivity index (χ0v) is 19.2. The predicted molar refractivity (Wildman–Crippen MR) is 121 cm³/mol. The van der Waals surface area contributed by atoms with Gasteiger partial charge in [0.1, 0.15) is 5.82 Å². The lowest BCUT2D eigenvalue weighted by Gasteiger charge is -2.17. The van der Waals surface area contributed by atoms with Crippen molar-refractivity contribution in [2.75, 3.05) is 10.7 Å².